The number of aromatic nitrogens is 1. The van der Waals surface area contributed by atoms with Gasteiger partial charge in [-0.2, -0.15) is 5.26 Å². The van der Waals surface area contributed by atoms with Crippen LogP contribution in [0.3, 0.4) is 0 Å². The van der Waals surface area contributed by atoms with Crippen molar-refractivity contribution in [3.8, 4) is 6.07 Å². The fourth-order valence-corrected chi connectivity index (χ4v) is 0.635. The summed E-state index contributed by atoms with van der Waals surface area (Å²) >= 11 is 0. The van der Waals surface area contributed by atoms with Gasteiger partial charge >= 0.3 is 0 Å². The second-order valence-electron chi connectivity index (χ2n) is 1.85. The molecule has 0 amide bonds. The molecule has 0 saturated heterocycles. The van der Waals surface area contributed by atoms with Crippen LogP contribution in [0.25, 0.3) is 0 Å². The summed E-state index contributed by atoms with van der Waals surface area (Å²) in [5.74, 6) is 0. The molecule has 0 radical (unpaired) electrons. The molecule has 0 spiro atoms. The first-order valence-electron chi connectivity index (χ1n) is 2.81. The van der Waals surface area contributed by atoms with Gasteiger partial charge in [0.2, 0.25) is 0 Å². The van der Waals surface area contributed by atoms with Crippen molar-refractivity contribution in [1.29, 1.82) is 5.26 Å². The largest absolute Gasteiger partial charge is 0.392 e. The lowest BCUT2D eigenvalue weighted by atomic mass is 10.2. The molecule has 3 nitrogen and oxygen atoms in total. The fourth-order valence-electron chi connectivity index (χ4n) is 0.635. The number of nitriles is 1. The Labute approximate surface area is 70.7 Å². The standard InChI is InChI=1S/C7H6N2O.ClH/c8-2-6-1-7(5-10)4-9-3-6;/h1,3-4,10H,5H2;1H. The number of aliphatic hydroxyl groups is 1. The molecule has 1 aromatic heterocycles. The zero-order valence-corrected chi connectivity index (χ0v) is 6.51. The molecule has 0 saturated carbocycles. The first kappa shape index (κ1) is 9.89. The van der Waals surface area contributed by atoms with Crippen molar-refractivity contribution in [3.05, 3.63) is 29.6 Å². The predicted molar refractivity (Wildman–Crippen MR) is 42.1 cm³/mol. The predicted octanol–water partition coefficient (Wildman–Crippen LogP) is 0.867. The zero-order valence-electron chi connectivity index (χ0n) is 5.69. The minimum atomic E-state index is -0.0669. The molecule has 1 rings (SSSR count). The van der Waals surface area contributed by atoms with Gasteiger partial charge in [-0.3, -0.25) is 4.98 Å². The lowest BCUT2D eigenvalue weighted by Gasteiger charge is -1.92. The molecular weight excluding hydrogens is 164 g/mol. The van der Waals surface area contributed by atoms with E-state index in [1.807, 2.05) is 6.07 Å². The van der Waals surface area contributed by atoms with E-state index in [4.69, 9.17) is 10.4 Å². The second kappa shape index (κ2) is 4.67. The van der Waals surface area contributed by atoms with Crippen LogP contribution in [0.2, 0.25) is 0 Å². The van der Waals surface area contributed by atoms with Gasteiger partial charge in [-0.15, -0.1) is 12.4 Å². The molecule has 1 N–H and O–H groups in total. The van der Waals surface area contributed by atoms with Crippen molar-refractivity contribution >= 4 is 12.4 Å². The quantitative estimate of drug-likeness (QED) is 0.681. The molecular formula is C7H7ClN2O. The molecule has 0 unspecified atom stereocenters. The maximum absolute atomic E-state index is 8.61. The smallest absolute Gasteiger partial charge is 0.101 e. The molecule has 0 aliphatic rings. The molecule has 1 heterocycles. The number of nitrogens with zero attached hydrogens (tertiary/aromatic N) is 2. The Morgan fingerprint density at radius 3 is 2.82 bits per heavy atom. The van der Waals surface area contributed by atoms with Crippen molar-refractivity contribution in [3.63, 3.8) is 0 Å². The number of hydrogen-bond acceptors (Lipinski definition) is 3. The molecule has 58 valence electrons. The van der Waals surface area contributed by atoms with Crippen molar-refractivity contribution in [2.75, 3.05) is 0 Å². The van der Waals surface area contributed by atoms with E-state index in [1.165, 1.54) is 12.4 Å². The van der Waals surface area contributed by atoms with E-state index in [1.54, 1.807) is 6.07 Å². The van der Waals surface area contributed by atoms with Crippen molar-refractivity contribution in [1.82, 2.24) is 4.98 Å². The maximum Gasteiger partial charge on any atom is 0.101 e. The van der Waals surface area contributed by atoms with Crippen molar-refractivity contribution in [2.24, 2.45) is 0 Å². The Balaban J connectivity index is 0.000001000. The third-order valence-corrected chi connectivity index (χ3v) is 1.11. The monoisotopic (exact) mass is 170 g/mol. The highest BCUT2D eigenvalue weighted by Gasteiger charge is 1.91. The molecule has 0 aromatic carbocycles. The summed E-state index contributed by atoms with van der Waals surface area (Å²) in [5, 5.41) is 17.0. The van der Waals surface area contributed by atoms with E-state index >= 15 is 0 Å². The Kier molecular flexibility index (Phi) is 4.20. The Morgan fingerprint density at radius 1 is 1.55 bits per heavy atom. The van der Waals surface area contributed by atoms with Crippen molar-refractivity contribution in [2.45, 2.75) is 6.61 Å². The molecule has 0 fully saturated rings. The average molecular weight is 171 g/mol. The molecule has 0 bridgehead atoms. The second-order valence-corrected chi connectivity index (χ2v) is 1.85. The van der Waals surface area contributed by atoms with Crippen LogP contribution in [0.4, 0.5) is 0 Å². The molecule has 0 aliphatic carbocycles. The number of aliphatic hydroxyl groups excluding tert-OH is 1. The summed E-state index contributed by atoms with van der Waals surface area (Å²) in [7, 11) is 0. The summed E-state index contributed by atoms with van der Waals surface area (Å²) in [6, 6.07) is 3.53. The summed E-state index contributed by atoms with van der Waals surface area (Å²) in [6.07, 6.45) is 2.99. The zero-order chi connectivity index (χ0) is 7.40. The number of hydrogen-bond donors (Lipinski definition) is 1. The van der Waals surface area contributed by atoms with Gasteiger partial charge in [0.15, 0.2) is 0 Å². The first-order chi connectivity index (χ1) is 4.86. The van der Waals surface area contributed by atoms with Crippen LogP contribution in [0.15, 0.2) is 18.5 Å². The van der Waals surface area contributed by atoms with Crippen LogP contribution < -0.4 is 0 Å². The van der Waals surface area contributed by atoms with Gasteiger partial charge in [-0.1, -0.05) is 0 Å². The van der Waals surface area contributed by atoms with Crippen molar-refractivity contribution < 1.29 is 5.11 Å². The SMILES string of the molecule is Cl.N#Cc1cncc(CO)c1. The van der Waals surface area contributed by atoms with E-state index < -0.39 is 0 Å². The highest BCUT2D eigenvalue weighted by atomic mass is 35.5. The minimum Gasteiger partial charge on any atom is -0.392 e. The van der Waals surface area contributed by atoms with Crippen LogP contribution in [0.1, 0.15) is 11.1 Å². The highest BCUT2D eigenvalue weighted by molar-refractivity contribution is 5.85. The summed E-state index contributed by atoms with van der Waals surface area (Å²) in [6.45, 7) is -0.0669. The van der Waals surface area contributed by atoms with Gasteiger partial charge in [0.1, 0.15) is 6.07 Å². The number of halogens is 1. The van der Waals surface area contributed by atoms with Crippen LogP contribution in [-0.2, 0) is 6.61 Å². The van der Waals surface area contributed by atoms with Gasteiger partial charge in [-0.25, -0.2) is 0 Å². The highest BCUT2D eigenvalue weighted by Crippen LogP contribution is 1.99. The number of rotatable bonds is 1. The first-order valence-corrected chi connectivity index (χ1v) is 2.81. The molecule has 1 aromatic rings. The van der Waals surface area contributed by atoms with E-state index in [-0.39, 0.29) is 19.0 Å². The average Bonchev–Trinajstić information content (AvgIpc) is 2.05. The Bertz CT molecular complexity index is 269. The van der Waals surface area contributed by atoms with Gasteiger partial charge < -0.3 is 5.11 Å². The number of pyridine rings is 1. The Morgan fingerprint density at radius 2 is 2.27 bits per heavy atom. The minimum absolute atomic E-state index is 0. The lowest BCUT2D eigenvalue weighted by molar-refractivity contribution is 0.281. The lowest BCUT2D eigenvalue weighted by Crippen LogP contribution is -1.85. The normalized spacial score (nSPS) is 8.00. The maximum atomic E-state index is 8.61. The van der Waals surface area contributed by atoms with Crippen LogP contribution in [-0.4, -0.2) is 10.1 Å². The van der Waals surface area contributed by atoms with Crippen LogP contribution in [0.5, 0.6) is 0 Å². The van der Waals surface area contributed by atoms with Crippen LogP contribution in [0, 0.1) is 11.3 Å². The molecule has 0 atom stereocenters. The van der Waals surface area contributed by atoms with Gasteiger partial charge in [0, 0.05) is 12.4 Å². The summed E-state index contributed by atoms with van der Waals surface area (Å²) < 4.78 is 0. The van der Waals surface area contributed by atoms with Gasteiger partial charge in [0.05, 0.1) is 12.2 Å². The van der Waals surface area contributed by atoms with Gasteiger partial charge in [-0.05, 0) is 11.6 Å². The molecule has 0 aliphatic heterocycles. The van der Waals surface area contributed by atoms with Gasteiger partial charge in [0.25, 0.3) is 0 Å². The third kappa shape index (κ3) is 2.54. The van der Waals surface area contributed by atoms with E-state index in [0.29, 0.717) is 11.1 Å². The molecule has 4 heteroatoms. The van der Waals surface area contributed by atoms with E-state index in [2.05, 4.69) is 4.98 Å². The molecule has 11 heavy (non-hydrogen) atoms. The van der Waals surface area contributed by atoms with E-state index in [0.717, 1.165) is 0 Å². The van der Waals surface area contributed by atoms with Crippen LogP contribution >= 0.6 is 12.4 Å². The Hall–Kier alpha value is -1.11. The third-order valence-electron chi connectivity index (χ3n) is 1.11. The van der Waals surface area contributed by atoms with E-state index in [9.17, 15) is 0 Å². The topological polar surface area (TPSA) is 56.9 Å². The summed E-state index contributed by atoms with van der Waals surface area (Å²) in [5.41, 5.74) is 1.14. The fraction of sp³-hybridized carbons (Fsp3) is 0.143. The summed E-state index contributed by atoms with van der Waals surface area (Å²) in [4.78, 5) is 3.74.